The molecular formula is C12H18N2OS2. The number of methoxy groups -OCH3 is 1. The zero-order chi connectivity index (χ0) is 12.7. The summed E-state index contributed by atoms with van der Waals surface area (Å²) in [7, 11) is 1.69. The summed E-state index contributed by atoms with van der Waals surface area (Å²) >= 11 is 3.40. The summed E-state index contributed by atoms with van der Waals surface area (Å²) in [5.74, 6) is 1.99. The van der Waals surface area contributed by atoms with Gasteiger partial charge in [0.1, 0.15) is 5.84 Å². The van der Waals surface area contributed by atoms with Gasteiger partial charge in [-0.05, 0) is 17.9 Å². The zero-order valence-corrected chi connectivity index (χ0v) is 11.8. The van der Waals surface area contributed by atoms with Crippen molar-refractivity contribution in [2.24, 2.45) is 5.73 Å². The molecule has 0 saturated carbocycles. The van der Waals surface area contributed by atoms with E-state index in [1.807, 2.05) is 18.2 Å². The molecule has 0 fully saturated rings. The maximum atomic E-state index is 7.70. The molecule has 0 aliphatic heterocycles. The first-order chi connectivity index (χ1) is 8.20. The predicted molar refractivity (Wildman–Crippen MR) is 76.5 cm³/mol. The van der Waals surface area contributed by atoms with Crippen LogP contribution in [0.15, 0.2) is 28.0 Å². The van der Waals surface area contributed by atoms with Gasteiger partial charge in [0.25, 0.3) is 0 Å². The minimum Gasteiger partial charge on any atom is -0.384 e. The van der Waals surface area contributed by atoms with Gasteiger partial charge < -0.3 is 10.5 Å². The van der Waals surface area contributed by atoms with Gasteiger partial charge in [0.05, 0.1) is 6.61 Å². The van der Waals surface area contributed by atoms with Crippen molar-refractivity contribution < 1.29 is 4.74 Å². The molecular weight excluding hydrogens is 252 g/mol. The summed E-state index contributed by atoms with van der Waals surface area (Å²) in [4.78, 5) is 2.15. The first kappa shape index (κ1) is 14.4. The minimum atomic E-state index is 0.140. The number of nitrogens with two attached hydrogens (primary N) is 1. The average Bonchev–Trinajstić information content (AvgIpc) is 2.29. The highest BCUT2D eigenvalue weighted by atomic mass is 32.2. The third-order valence-corrected chi connectivity index (χ3v) is 4.06. The smallest absolute Gasteiger partial charge is 0.125 e. The number of nitrogens with one attached hydrogen (secondary N) is 1. The van der Waals surface area contributed by atoms with E-state index < -0.39 is 0 Å². The van der Waals surface area contributed by atoms with E-state index in [2.05, 4.69) is 6.92 Å². The van der Waals surface area contributed by atoms with E-state index in [1.165, 1.54) is 0 Å². The molecule has 5 heteroatoms. The minimum absolute atomic E-state index is 0.140. The normalized spacial score (nSPS) is 10.5. The molecule has 0 aliphatic rings. The summed E-state index contributed by atoms with van der Waals surface area (Å²) < 4.78 is 5.03. The van der Waals surface area contributed by atoms with Crippen molar-refractivity contribution in [1.29, 1.82) is 5.41 Å². The molecule has 3 nitrogen and oxygen atoms in total. The molecule has 0 aliphatic carbocycles. The Morgan fingerprint density at radius 3 is 2.53 bits per heavy atom. The van der Waals surface area contributed by atoms with Crippen molar-refractivity contribution in [3.63, 3.8) is 0 Å². The molecule has 0 radical (unpaired) electrons. The highest BCUT2D eigenvalue weighted by molar-refractivity contribution is 8.00. The van der Waals surface area contributed by atoms with Crippen molar-refractivity contribution in [3.8, 4) is 0 Å². The van der Waals surface area contributed by atoms with Crippen LogP contribution < -0.4 is 5.73 Å². The molecule has 0 saturated heterocycles. The molecule has 17 heavy (non-hydrogen) atoms. The van der Waals surface area contributed by atoms with Gasteiger partial charge in [-0.1, -0.05) is 13.0 Å². The lowest BCUT2D eigenvalue weighted by molar-refractivity contribution is 0.218. The fourth-order valence-corrected chi connectivity index (χ4v) is 3.33. The fourth-order valence-electron chi connectivity index (χ4n) is 1.41. The molecule has 0 amide bonds. The fraction of sp³-hybridized carbons (Fsp3) is 0.417. The second kappa shape index (κ2) is 7.63. The Morgan fingerprint density at radius 2 is 2.00 bits per heavy atom. The Labute approximate surface area is 111 Å². The number of amidine groups is 1. The van der Waals surface area contributed by atoms with Gasteiger partial charge in [0.15, 0.2) is 0 Å². The second-order valence-corrected chi connectivity index (χ2v) is 5.76. The molecule has 0 bridgehead atoms. The van der Waals surface area contributed by atoms with E-state index >= 15 is 0 Å². The van der Waals surface area contributed by atoms with Gasteiger partial charge in [-0.2, -0.15) is 0 Å². The lowest BCUT2D eigenvalue weighted by Crippen LogP contribution is -2.14. The van der Waals surface area contributed by atoms with Gasteiger partial charge >= 0.3 is 0 Å². The Morgan fingerprint density at radius 1 is 1.35 bits per heavy atom. The number of hydrogen-bond donors (Lipinski definition) is 2. The van der Waals surface area contributed by atoms with Gasteiger partial charge in [-0.15, -0.1) is 23.5 Å². The lowest BCUT2D eigenvalue weighted by Gasteiger charge is -2.12. The molecule has 94 valence electrons. The summed E-state index contributed by atoms with van der Waals surface area (Å²) in [5.41, 5.74) is 6.54. The number of rotatable bonds is 7. The van der Waals surface area contributed by atoms with Crippen LogP contribution in [0.4, 0.5) is 0 Å². The molecule has 0 aromatic heterocycles. The van der Waals surface area contributed by atoms with Crippen molar-refractivity contribution in [3.05, 3.63) is 23.8 Å². The van der Waals surface area contributed by atoms with E-state index in [9.17, 15) is 0 Å². The molecule has 0 heterocycles. The SMILES string of the molecule is CCSc1cccc(SCCOC)c1C(=N)N. The van der Waals surface area contributed by atoms with E-state index in [0.29, 0.717) is 6.61 Å². The van der Waals surface area contributed by atoms with Gasteiger partial charge in [0, 0.05) is 28.2 Å². The van der Waals surface area contributed by atoms with Crippen molar-refractivity contribution >= 4 is 29.4 Å². The maximum Gasteiger partial charge on any atom is 0.125 e. The van der Waals surface area contributed by atoms with Gasteiger partial charge in [-0.25, -0.2) is 0 Å². The number of hydrogen-bond acceptors (Lipinski definition) is 4. The molecule has 1 aromatic carbocycles. The Bertz CT molecular complexity index is 383. The van der Waals surface area contributed by atoms with Crippen LogP contribution in [0.1, 0.15) is 12.5 Å². The number of benzene rings is 1. The maximum absolute atomic E-state index is 7.70. The molecule has 1 aromatic rings. The van der Waals surface area contributed by atoms with Crippen LogP contribution in [0.25, 0.3) is 0 Å². The van der Waals surface area contributed by atoms with Gasteiger partial charge in [0.2, 0.25) is 0 Å². The topological polar surface area (TPSA) is 59.1 Å². The Kier molecular flexibility index (Phi) is 6.47. The first-order valence-corrected chi connectivity index (χ1v) is 7.39. The van der Waals surface area contributed by atoms with E-state index in [4.69, 9.17) is 15.9 Å². The summed E-state index contributed by atoms with van der Waals surface area (Å²) in [6.07, 6.45) is 0. The van der Waals surface area contributed by atoms with Crippen LogP contribution in [-0.2, 0) is 4.74 Å². The predicted octanol–water partition coefficient (Wildman–Crippen LogP) is 2.82. The number of thioether (sulfide) groups is 2. The van der Waals surface area contributed by atoms with Crippen LogP contribution in [0, 0.1) is 5.41 Å². The molecule has 0 unspecified atom stereocenters. The van der Waals surface area contributed by atoms with Gasteiger partial charge in [-0.3, -0.25) is 5.41 Å². The Balaban J connectivity index is 2.94. The van der Waals surface area contributed by atoms with Crippen LogP contribution >= 0.6 is 23.5 Å². The van der Waals surface area contributed by atoms with Crippen LogP contribution in [0.3, 0.4) is 0 Å². The summed E-state index contributed by atoms with van der Waals surface area (Å²) in [5, 5.41) is 7.70. The quantitative estimate of drug-likeness (QED) is 0.346. The third-order valence-electron chi connectivity index (χ3n) is 2.10. The standard InChI is InChI=1S/C12H18N2OS2/c1-3-16-9-5-4-6-10(11(9)12(13)14)17-8-7-15-2/h4-6H,3,7-8H2,1-2H3,(H3,13,14). The first-order valence-electron chi connectivity index (χ1n) is 5.42. The summed E-state index contributed by atoms with van der Waals surface area (Å²) in [6, 6.07) is 6.04. The molecule has 0 atom stereocenters. The van der Waals surface area contributed by atoms with E-state index in [-0.39, 0.29) is 5.84 Å². The summed E-state index contributed by atoms with van der Waals surface area (Å²) in [6.45, 7) is 2.80. The highest BCUT2D eigenvalue weighted by Crippen LogP contribution is 2.30. The van der Waals surface area contributed by atoms with Crippen molar-refractivity contribution in [2.75, 3.05) is 25.2 Å². The van der Waals surface area contributed by atoms with Crippen LogP contribution in [0.5, 0.6) is 0 Å². The molecule has 1 rings (SSSR count). The Hall–Kier alpha value is -0.650. The number of nitrogen functional groups attached to an aromatic ring is 1. The largest absolute Gasteiger partial charge is 0.384 e. The molecule has 0 spiro atoms. The van der Waals surface area contributed by atoms with Crippen LogP contribution in [-0.4, -0.2) is 31.1 Å². The lowest BCUT2D eigenvalue weighted by atomic mass is 10.2. The van der Waals surface area contributed by atoms with Crippen molar-refractivity contribution in [1.82, 2.24) is 0 Å². The highest BCUT2D eigenvalue weighted by Gasteiger charge is 2.11. The van der Waals surface area contributed by atoms with E-state index in [1.54, 1.807) is 30.6 Å². The molecule has 3 N–H and O–H groups in total. The average molecular weight is 270 g/mol. The third kappa shape index (κ3) is 4.26. The monoisotopic (exact) mass is 270 g/mol. The van der Waals surface area contributed by atoms with E-state index in [0.717, 1.165) is 26.9 Å². The zero-order valence-electron chi connectivity index (χ0n) is 10.2. The number of ether oxygens (including phenoxy) is 1. The van der Waals surface area contributed by atoms with Crippen LogP contribution in [0.2, 0.25) is 0 Å². The second-order valence-electron chi connectivity index (χ2n) is 3.32. The van der Waals surface area contributed by atoms with Crippen molar-refractivity contribution in [2.45, 2.75) is 16.7 Å².